The molecule has 0 aromatic rings. The molecule has 2 aliphatic carbocycles. The largest absolute Gasteiger partial charge is 0.314 e. The molecule has 0 spiro atoms. The van der Waals surface area contributed by atoms with Gasteiger partial charge in [0.15, 0.2) is 0 Å². The number of hydrogen-bond donors (Lipinski definition) is 1. The molecule has 0 aromatic carbocycles. The Hall–Kier alpha value is -0.0800. The number of likely N-dealkylation sites (tertiary alicyclic amines) is 1. The van der Waals surface area contributed by atoms with Gasteiger partial charge in [0.2, 0.25) is 0 Å². The summed E-state index contributed by atoms with van der Waals surface area (Å²) in [6, 6.07) is 1.84. The molecule has 0 bridgehead atoms. The van der Waals surface area contributed by atoms with Crippen LogP contribution in [0.25, 0.3) is 0 Å². The summed E-state index contributed by atoms with van der Waals surface area (Å²) in [4.78, 5) is 2.80. The van der Waals surface area contributed by atoms with Crippen molar-refractivity contribution in [2.45, 2.75) is 63.5 Å². The minimum absolute atomic E-state index is 0.891. The lowest BCUT2D eigenvalue weighted by Gasteiger charge is -2.37. The highest BCUT2D eigenvalue weighted by atomic mass is 15.2. The maximum Gasteiger partial charge on any atom is 0.00953 e. The summed E-state index contributed by atoms with van der Waals surface area (Å²) >= 11 is 0. The first-order valence-corrected chi connectivity index (χ1v) is 7.39. The van der Waals surface area contributed by atoms with Crippen molar-refractivity contribution in [3.8, 4) is 0 Å². The second-order valence-electron chi connectivity index (χ2n) is 6.12. The third-order valence-corrected chi connectivity index (χ3v) is 4.66. The van der Waals surface area contributed by atoms with Crippen LogP contribution in [0, 0.1) is 5.92 Å². The number of rotatable bonds is 4. The van der Waals surface area contributed by atoms with E-state index in [4.69, 9.17) is 0 Å². The summed E-state index contributed by atoms with van der Waals surface area (Å²) < 4.78 is 0. The molecule has 2 nitrogen and oxygen atoms in total. The van der Waals surface area contributed by atoms with Gasteiger partial charge in [0.05, 0.1) is 0 Å². The normalized spacial score (nSPS) is 33.4. The average molecular weight is 222 g/mol. The highest BCUT2D eigenvalue weighted by Crippen LogP contribution is 2.28. The molecule has 16 heavy (non-hydrogen) atoms. The van der Waals surface area contributed by atoms with Crippen LogP contribution >= 0.6 is 0 Å². The molecule has 1 aliphatic heterocycles. The third kappa shape index (κ3) is 2.78. The third-order valence-electron chi connectivity index (χ3n) is 4.66. The molecule has 1 saturated heterocycles. The zero-order valence-electron chi connectivity index (χ0n) is 10.5. The fourth-order valence-corrected chi connectivity index (χ4v) is 3.49. The molecule has 92 valence electrons. The van der Waals surface area contributed by atoms with Gasteiger partial charge in [0, 0.05) is 18.6 Å². The van der Waals surface area contributed by atoms with Gasteiger partial charge >= 0.3 is 0 Å². The summed E-state index contributed by atoms with van der Waals surface area (Å²) in [5.74, 6) is 0.940. The number of hydrogen-bond acceptors (Lipinski definition) is 2. The topological polar surface area (TPSA) is 15.3 Å². The predicted octanol–water partition coefficient (Wildman–Crippen LogP) is 2.39. The summed E-state index contributed by atoms with van der Waals surface area (Å²) in [5, 5.41) is 3.71. The van der Waals surface area contributed by atoms with E-state index < -0.39 is 0 Å². The van der Waals surface area contributed by atoms with Gasteiger partial charge in [-0.15, -0.1) is 0 Å². The predicted molar refractivity (Wildman–Crippen MR) is 67.6 cm³/mol. The second kappa shape index (κ2) is 5.05. The highest BCUT2D eigenvalue weighted by molar-refractivity contribution is 4.86. The Morgan fingerprint density at radius 3 is 2.50 bits per heavy atom. The molecule has 0 aromatic heterocycles. The Kier molecular flexibility index (Phi) is 3.49. The zero-order chi connectivity index (χ0) is 10.8. The molecule has 0 amide bonds. The number of piperidine rings is 1. The van der Waals surface area contributed by atoms with E-state index in [-0.39, 0.29) is 0 Å². The molecule has 2 heteroatoms. The molecule has 1 unspecified atom stereocenters. The maximum absolute atomic E-state index is 3.71. The Labute approximate surface area is 99.8 Å². The van der Waals surface area contributed by atoms with Crippen LogP contribution in [0.5, 0.6) is 0 Å². The van der Waals surface area contributed by atoms with Crippen molar-refractivity contribution < 1.29 is 0 Å². The van der Waals surface area contributed by atoms with Crippen molar-refractivity contribution in [1.82, 2.24) is 10.2 Å². The summed E-state index contributed by atoms with van der Waals surface area (Å²) in [6.07, 6.45) is 11.7. The van der Waals surface area contributed by atoms with Crippen molar-refractivity contribution >= 4 is 0 Å². The van der Waals surface area contributed by atoms with Gasteiger partial charge in [-0.05, 0) is 57.5 Å². The van der Waals surface area contributed by atoms with Crippen molar-refractivity contribution in [3.63, 3.8) is 0 Å². The average Bonchev–Trinajstić information content (AvgIpc) is 2.99. The lowest BCUT2D eigenvalue weighted by molar-refractivity contribution is 0.124. The van der Waals surface area contributed by atoms with E-state index in [9.17, 15) is 0 Å². The first-order valence-electron chi connectivity index (χ1n) is 7.39. The minimum Gasteiger partial charge on any atom is -0.314 e. The Balaban J connectivity index is 1.44. The lowest BCUT2D eigenvalue weighted by Crippen LogP contribution is -2.44. The monoisotopic (exact) mass is 222 g/mol. The van der Waals surface area contributed by atoms with Gasteiger partial charge in [0.25, 0.3) is 0 Å². The fraction of sp³-hybridized carbons (Fsp3) is 1.00. The second-order valence-corrected chi connectivity index (χ2v) is 6.12. The van der Waals surface area contributed by atoms with Gasteiger partial charge in [0.1, 0.15) is 0 Å². The van der Waals surface area contributed by atoms with Crippen molar-refractivity contribution in [2.24, 2.45) is 5.92 Å². The van der Waals surface area contributed by atoms with Gasteiger partial charge < -0.3 is 10.2 Å². The van der Waals surface area contributed by atoms with Crippen molar-refractivity contribution in [3.05, 3.63) is 0 Å². The van der Waals surface area contributed by atoms with E-state index in [2.05, 4.69) is 10.2 Å². The molecular weight excluding hydrogens is 196 g/mol. The van der Waals surface area contributed by atoms with Gasteiger partial charge in [-0.3, -0.25) is 0 Å². The van der Waals surface area contributed by atoms with E-state index in [0.29, 0.717) is 0 Å². The van der Waals surface area contributed by atoms with Gasteiger partial charge in [-0.1, -0.05) is 12.8 Å². The highest BCUT2D eigenvalue weighted by Gasteiger charge is 2.29. The molecule has 3 rings (SSSR count). The van der Waals surface area contributed by atoms with Crippen LogP contribution in [0.3, 0.4) is 0 Å². The van der Waals surface area contributed by atoms with Crippen LogP contribution in [0.1, 0.15) is 51.4 Å². The molecule has 0 radical (unpaired) electrons. The summed E-state index contributed by atoms with van der Waals surface area (Å²) in [6.45, 7) is 4.04. The van der Waals surface area contributed by atoms with Crippen molar-refractivity contribution in [1.29, 1.82) is 0 Å². The maximum atomic E-state index is 3.71. The van der Waals surface area contributed by atoms with E-state index in [1.165, 1.54) is 71.0 Å². The van der Waals surface area contributed by atoms with E-state index in [1.807, 2.05) is 0 Å². The van der Waals surface area contributed by atoms with Gasteiger partial charge in [-0.25, -0.2) is 0 Å². The number of nitrogens with one attached hydrogen (secondary N) is 1. The smallest absolute Gasteiger partial charge is 0.00953 e. The Morgan fingerprint density at radius 2 is 1.75 bits per heavy atom. The Bertz CT molecular complexity index is 219. The van der Waals surface area contributed by atoms with E-state index >= 15 is 0 Å². The summed E-state index contributed by atoms with van der Waals surface area (Å²) in [7, 11) is 0. The molecule has 1 atom stereocenters. The minimum atomic E-state index is 0.891. The molecule has 3 aliphatic rings. The van der Waals surface area contributed by atoms with Crippen LogP contribution in [-0.2, 0) is 0 Å². The van der Waals surface area contributed by atoms with E-state index in [0.717, 1.165) is 18.0 Å². The lowest BCUT2D eigenvalue weighted by atomic mass is 9.96. The van der Waals surface area contributed by atoms with Gasteiger partial charge in [-0.2, -0.15) is 0 Å². The first kappa shape index (κ1) is 11.0. The molecule has 1 N–H and O–H groups in total. The molecule has 2 saturated carbocycles. The van der Waals surface area contributed by atoms with Crippen LogP contribution in [0.2, 0.25) is 0 Å². The molecule has 3 fully saturated rings. The van der Waals surface area contributed by atoms with Crippen LogP contribution in [-0.4, -0.2) is 36.6 Å². The SMILES string of the molecule is C1CCC(N2CCCC(CNC3CC3)C2)C1. The quantitative estimate of drug-likeness (QED) is 0.786. The summed E-state index contributed by atoms with van der Waals surface area (Å²) in [5.41, 5.74) is 0. The van der Waals surface area contributed by atoms with Crippen molar-refractivity contribution in [2.75, 3.05) is 19.6 Å². The van der Waals surface area contributed by atoms with Crippen LogP contribution < -0.4 is 5.32 Å². The molecular formula is C14H26N2. The molecule has 1 heterocycles. The Morgan fingerprint density at radius 1 is 0.938 bits per heavy atom. The zero-order valence-corrected chi connectivity index (χ0v) is 10.5. The fourth-order valence-electron chi connectivity index (χ4n) is 3.49. The first-order chi connectivity index (χ1) is 7.92. The van der Waals surface area contributed by atoms with E-state index in [1.54, 1.807) is 0 Å². The standard InChI is InChI=1S/C14H26N2/c1-2-6-14(5-1)16-9-3-4-12(11-16)10-15-13-7-8-13/h12-15H,1-11H2. The van der Waals surface area contributed by atoms with Crippen LogP contribution in [0.4, 0.5) is 0 Å². The number of nitrogens with zero attached hydrogens (tertiary/aromatic N) is 1. The van der Waals surface area contributed by atoms with Crippen LogP contribution in [0.15, 0.2) is 0 Å².